The summed E-state index contributed by atoms with van der Waals surface area (Å²) in [5.41, 5.74) is 0.0294. The molecule has 0 saturated heterocycles. The number of carbonyl (C=O) groups is 1. The Kier molecular flexibility index (Phi) is 4.39. The van der Waals surface area contributed by atoms with Crippen LogP contribution in [-0.4, -0.2) is 17.2 Å². The van der Waals surface area contributed by atoms with Gasteiger partial charge in [0.15, 0.2) is 11.6 Å². The summed E-state index contributed by atoms with van der Waals surface area (Å²) in [6.07, 6.45) is -3.30. The van der Waals surface area contributed by atoms with Gasteiger partial charge in [-0.1, -0.05) is 12.8 Å². The first-order valence-electron chi connectivity index (χ1n) is 6.65. The van der Waals surface area contributed by atoms with E-state index in [0.29, 0.717) is 12.8 Å². The number of nitrogens with one attached hydrogen (secondary N) is 1. The van der Waals surface area contributed by atoms with E-state index in [1.54, 1.807) is 0 Å². The second-order valence-electron chi connectivity index (χ2n) is 5.19. The number of carbonyl (C=O) groups excluding carboxylic acids is 1. The van der Waals surface area contributed by atoms with Crippen LogP contribution in [0.2, 0.25) is 0 Å². The Morgan fingerprint density at radius 1 is 1.24 bits per heavy atom. The fourth-order valence-electron chi connectivity index (χ4n) is 2.66. The lowest BCUT2D eigenvalue weighted by molar-refractivity contribution is -0.197. The predicted molar refractivity (Wildman–Crippen MR) is 68.2 cm³/mol. The van der Waals surface area contributed by atoms with Crippen molar-refractivity contribution in [3.8, 4) is 5.75 Å². The minimum atomic E-state index is -4.41. The van der Waals surface area contributed by atoms with Gasteiger partial charge in [0.1, 0.15) is 0 Å². The molecule has 0 aliphatic heterocycles. The molecule has 2 unspecified atom stereocenters. The molecule has 0 aromatic heterocycles. The number of alkyl halides is 3. The molecule has 1 amide bonds. The zero-order chi connectivity index (χ0) is 15.6. The second kappa shape index (κ2) is 5.91. The maximum atomic E-state index is 13.2. The zero-order valence-electron chi connectivity index (χ0n) is 11.1. The summed E-state index contributed by atoms with van der Waals surface area (Å²) in [6.45, 7) is 0. The molecule has 1 aromatic carbocycles. The summed E-state index contributed by atoms with van der Waals surface area (Å²) in [5, 5.41) is 11.3. The molecule has 2 rings (SSSR count). The maximum Gasteiger partial charge on any atom is 0.392 e. The monoisotopic (exact) mass is 305 g/mol. The summed E-state index contributed by atoms with van der Waals surface area (Å²) < 4.78 is 52.0. The molecule has 0 bridgehead atoms. The van der Waals surface area contributed by atoms with Gasteiger partial charge in [0.25, 0.3) is 0 Å². The molecule has 1 fully saturated rings. The van der Waals surface area contributed by atoms with Crippen LogP contribution in [0.5, 0.6) is 5.75 Å². The van der Waals surface area contributed by atoms with Gasteiger partial charge in [-0.05, 0) is 25.0 Å². The first-order chi connectivity index (χ1) is 9.79. The van der Waals surface area contributed by atoms with Crippen molar-refractivity contribution >= 4 is 11.6 Å². The second-order valence-corrected chi connectivity index (χ2v) is 5.19. The topological polar surface area (TPSA) is 49.3 Å². The average Bonchev–Trinajstić information content (AvgIpc) is 2.42. The van der Waals surface area contributed by atoms with Crippen molar-refractivity contribution in [1.82, 2.24) is 0 Å². The number of phenolic OH excluding ortho intramolecular Hbond substituents is 1. The fraction of sp³-hybridized carbons (Fsp3) is 0.500. The molecule has 0 spiro atoms. The Balaban J connectivity index is 2.12. The molecule has 0 heterocycles. The number of anilines is 1. The first-order valence-corrected chi connectivity index (χ1v) is 6.65. The number of hydrogen-bond acceptors (Lipinski definition) is 2. The van der Waals surface area contributed by atoms with Gasteiger partial charge in [0, 0.05) is 17.7 Å². The highest BCUT2D eigenvalue weighted by molar-refractivity contribution is 5.92. The number of halogens is 4. The van der Waals surface area contributed by atoms with E-state index in [1.165, 1.54) is 6.07 Å². The van der Waals surface area contributed by atoms with Crippen molar-refractivity contribution in [3.05, 3.63) is 24.0 Å². The highest BCUT2D eigenvalue weighted by Crippen LogP contribution is 2.41. The zero-order valence-corrected chi connectivity index (χ0v) is 11.1. The van der Waals surface area contributed by atoms with Gasteiger partial charge in [0.2, 0.25) is 5.91 Å². The van der Waals surface area contributed by atoms with Gasteiger partial charge in [0.05, 0.1) is 5.92 Å². The van der Waals surface area contributed by atoms with Crippen molar-refractivity contribution in [1.29, 1.82) is 0 Å². The molecule has 3 nitrogen and oxygen atoms in total. The Bertz CT molecular complexity index is 530. The van der Waals surface area contributed by atoms with Gasteiger partial charge in [-0.15, -0.1) is 0 Å². The fourth-order valence-corrected chi connectivity index (χ4v) is 2.66. The standard InChI is InChI=1S/C14H15F4NO2/c15-11-7-8(5-6-12(11)20)19-13(21)9-3-1-2-4-10(9)14(16,17)18/h5-7,9-10,20H,1-4H2,(H,19,21). The number of phenols is 1. The third-order valence-electron chi connectivity index (χ3n) is 3.74. The van der Waals surface area contributed by atoms with Gasteiger partial charge >= 0.3 is 6.18 Å². The summed E-state index contributed by atoms with van der Waals surface area (Å²) in [6, 6.07) is 3.15. The molecule has 21 heavy (non-hydrogen) atoms. The molecule has 0 radical (unpaired) electrons. The van der Waals surface area contributed by atoms with Crippen molar-refractivity contribution in [3.63, 3.8) is 0 Å². The Labute approximate surface area is 119 Å². The molecule has 1 aromatic rings. The molecule has 116 valence electrons. The van der Waals surface area contributed by atoms with E-state index >= 15 is 0 Å². The summed E-state index contributed by atoms with van der Waals surface area (Å²) in [4.78, 5) is 12.0. The third-order valence-corrected chi connectivity index (χ3v) is 3.74. The highest BCUT2D eigenvalue weighted by Gasteiger charge is 2.48. The predicted octanol–water partition coefficient (Wildman–Crippen LogP) is 3.84. The third kappa shape index (κ3) is 3.65. The van der Waals surface area contributed by atoms with Crippen molar-refractivity contribution < 1.29 is 27.5 Å². The molecule has 2 N–H and O–H groups in total. The van der Waals surface area contributed by atoms with E-state index < -0.39 is 35.5 Å². The molecule has 1 aliphatic rings. The number of benzene rings is 1. The summed E-state index contributed by atoms with van der Waals surface area (Å²) in [5.74, 6) is -5.10. The van der Waals surface area contributed by atoms with Gasteiger partial charge < -0.3 is 10.4 Å². The van der Waals surface area contributed by atoms with Gasteiger partial charge in [-0.3, -0.25) is 4.79 Å². The summed E-state index contributed by atoms with van der Waals surface area (Å²) >= 11 is 0. The number of hydrogen-bond donors (Lipinski definition) is 2. The van der Waals surface area contributed by atoms with Crippen LogP contribution in [0.1, 0.15) is 25.7 Å². The Morgan fingerprint density at radius 3 is 2.52 bits per heavy atom. The molecule has 2 atom stereocenters. The largest absolute Gasteiger partial charge is 0.505 e. The van der Waals surface area contributed by atoms with Crippen LogP contribution in [0.15, 0.2) is 18.2 Å². The van der Waals surface area contributed by atoms with Crippen LogP contribution in [0, 0.1) is 17.7 Å². The number of amides is 1. The van der Waals surface area contributed by atoms with Crippen LogP contribution in [0.4, 0.5) is 23.2 Å². The summed E-state index contributed by atoms with van der Waals surface area (Å²) in [7, 11) is 0. The minimum absolute atomic E-state index is 0.0294. The van der Waals surface area contributed by atoms with Gasteiger partial charge in [-0.2, -0.15) is 13.2 Å². The molecular formula is C14H15F4NO2. The molecule has 7 heteroatoms. The Morgan fingerprint density at radius 2 is 1.90 bits per heavy atom. The van der Waals surface area contributed by atoms with Gasteiger partial charge in [-0.25, -0.2) is 4.39 Å². The van der Waals surface area contributed by atoms with Crippen LogP contribution < -0.4 is 5.32 Å². The molecule has 1 saturated carbocycles. The van der Waals surface area contributed by atoms with E-state index in [4.69, 9.17) is 5.11 Å². The smallest absolute Gasteiger partial charge is 0.392 e. The SMILES string of the molecule is O=C(Nc1ccc(O)c(F)c1)C1CCCCC1C(F)(F)F. The minimum Gasteiger partial charge on any atom is -0.505 e. The number of aromatic hydroxyl groups is 1. The van der Waals surface area contributed by atoms with E-state index in [-0.39, 0.29) is 18.5 Å². The quantitative estimate of drug-likeness (QED) is 0.644. The van der Waals surface area contributed by atoms with E-state index in [9.17, 15) is 22.4 Å². The normalized spacial score (nSPS) is 22.9. The van der Waals surface area contributed by atoms with Crippen LogP contribution in [0.3, 0.4) is 0 Å². The van der Waals surface area contributed by atoms with E-state index in [0.717, 1.165) is 12.1 Å². The first kappa shape index (κ1) is 15.6. The lowest BCUT2D eigenvalue weighted by atomic mass is 9.78. The molecule has 1 aliphatic carbocycles. The van der Waals surface area contributed by atoms with Crippen molar-refractivity contribution in [2.75, 3.05) is 5.32 Å². The van der Waals surface area contributed by atoms with Crippen molar-refractivity contribution in [2.24, 2.45) is 11.8 Å². The van der Waals surface area contributed by atoms with E-state index in [1.807, 2.05) is 0 Å². The average molecular weight is 305 g/mol. The molecular weight excluding hydrogens is 290 g/mol. The number of rotatable bonds is 2. The van der Waals surface area contributed by atoms with Crippen LogP contribution in [0.25, 0.3) is 0 Å². The highest BCUT2D eigenvalue weighted by atomic mass is 19.4. The maximum absolute atomic E-state index is 13.2. The van der Waals surface area contributed by atoms with Crippen molar-refractivity contribution in [2.45, 2.75) is 31.9 Å². The van der Waals surface area contributed by atoms with Crippen LogP contribution in [-0.2, 0) is 4.79 Å². The Hall–Kier alpha value is -1.79. The van der Waals surface area contributed by atoms with E-state index in [2.05, 4.69) is 5.32 Å². The van der Waals surface area contributed by atoms with Crippen LogP contribution >= 0.6 is 0 Å². The lowest BCUT2D eigenvalue weighted by Gasteiger charge is -2.31. The lowest BCUT2D eigenvalue weighted by Crippen LogP contribution is -2.39.